The average Bonchev–Trinajstić information content (AvgIpc) is 3.16. The highest BCUT2D eigenvalue weighted by Gasteiger charge is 2.34. The van der Waals surface area contributed by atoms with E-state index in [1.165, 1.54) is 51.4 Å². The van der Waals surface area contributed by atoms with Crippen LogP contribution in [0.25, 0.3) is 0 Å². The Labute approximate surface area is 154 Å². The van der Waals surface area contributed by atoms with Crippen LogP contribution in [-0.4, -0.2) is 51.1 Å². The van der Waals surface area contributed by atoms with E-state index < -0.39 is 13.2 Å². The molecule has 5 nitrogen and oxygen atoms in total. The van der Waals surface area contributed by atoms with Crippen molar-refractivity contribution in [1.29, 1.82) is 0 Å². The molecule has 0 aromatic carbocycles. The minimum Gasteiger partial charge on any atom is -0.476 e. The van der Waals surface area contributed by atoms with Gasteiger partial charge >= 0.3 is 5.97 Å². The third-order valence-corrected chi connectivity index (χ3v) is 9.64. The minimum absolute atomic E-state index is 0.0648. The maximum absolute atomic E-state index is 9.94. The summed E-state index contributed by atoms with van der Waals surface area (Å²) in [6.45, 7) is 9.42. The second-order valence-electron chi connectivity index (χ2n) is 6.81. The number of aromatic amines is 1. The monoisotopic (exact) mass is 372 g/mol. The molecule has 6 heteroatoms. The van der Waals surface area contributed by atoms with Gasteiger partial charge < -0.3 is 5.11 Å². The van der Waals surface area contributed by atoms with E-state index >= 15 is 0 Å². The number of nitrogens with one attached hydrogen (secondary N) is 1. The van der Waals surface area contributed by atoms with Crippen molar-refractivity contribution >= 4 is 13.2 Å². The molecule has 0 saturated carbocycles. The van der Waals surface area contributed by atoms with Crippen LogP contribution in [0.2, 0.25) is 0 Å². The third kappa shape index (κ3) is 11.3. The van der Waals surface area contributed by atoms with Gasteiger partial charge in [-0.3, -0.25) is 0 Å². The van der Waals surface area contributed by atoms with Gasteiger partial charge in [-0.2, -0.15) is 10.3 Å². The molecule has 0 aliphatic carbocycles. The summed E-state index contributed by atoms with van der Waals surface area (Å²) in [7, 11) is -0.562. The molecule has 146 valence electrons. The molecule has 0 bridgehead atoms. The molecule has 1 rings (SSSR count). The van der Waals surface area contributed by atoms with Crippen molar-refractivity contribution < 1.29 is 9.90 Å². The van der Waals surface area contributed by atoms with Crippen LogP contribution in [-0.2, 0) is 0 Å². The summed E-state index contributed by atoms with van der Waals surface area (Å²) in [5.41, 5.74) is -0.0648. The van der Waals surface area contributed by atoms with Crippen LogP contribution in [0.5, 0.6) is 0 Å². The van der Waals surface area contributed by atoms with Gasteiger partial charge in [-0.15, -0.1) is 5.10 Å². The molecule has 0 unspecified atom stereocenters. The zero-order valence-corrected chi connectivity index (χ0v) is 17.7. The number of carboxylic acid groups (broad SMARTS) is 1. The normalized spacial score (nSPS) is 11.0. The van der Waals surface area contributed by atoms with E-state index in [9.17, 15) is 4.79 Å². The molecule has 25 heavy (non-hydrogen) atoms. The summed E-state index contributed by atoms with van der Waals surface area (Å²) in [5, 5.41) is 16.9. The van der Waals surface area contributed by atoms with Crippen LogP contribution in [0.1, 0.15) is 89.5 Å². The molecule has 0 aliphatic rings. The number of hydrogen-bond donors (Lipinski definition) is 2. The average molecular weight is 373 g/mol. The Morgan fingerprint density at radius 2 is 1.32 bits per heavy atom. The Morgan fingerprint density at radius 1 is 0.920 bits per heavy atom. The van der Waals surface area contributed by atoms with E-state index in [1.54, 1.807) is 24.6 Å². The van der Waals surface area contributed by atoms with Gasteiger partial charge in [0.2, 0.25) is 0 Å². The summed E-state index contributed by atoms with van der Waals surface area (Å²) < 4.78 is 0. The number of nitrogens with zero attached hydrogens (tertiary/aromatic N) is 2. The van der Waals surface area contributed by atoms with Gasteiger partial charge in [0.25, 0.3) is 0 Å². The van der Waals surface area contributed by atoms with Crippen molar-refractivity contribution in [2.75, 3.05) is 24.6 Å². The van der Waals surface area contributed by atoms with Gasteiger partial charge in [0.15, 0.2) is 5.69 Å². The highest BCUT2D eigenvalue weighted by molar-refractivity contribution is 7.75. The van der Waals surface area contributed by atoms with Crippen molar-refractivity contribution in [3.05, 3.63) is 11.9 Å². The van der Waals surface area contributed by atoms with E-state index in [0.29, 0.717) is 0 Å². The molecule has 0 saturated heterocycles. The minimum atomic E-state index is -1.07. The van der Waals surface area contributed by atoms with Crippen molar-refractivity contribution in [2.24, 2.45) is 0 Å². The molecular formula is C19H39N3O2P+. The van der Waals surface area contributed by atoms with E-state index in [2.05, 4.69) is 43.1 Å². The Morgan fingerprint density at radius 3 is 1.52 bits per heavy atom. The van der Waals surface area contributed by atoms with Gasteiger partial charge in [0, 0.05) is 7.26 Å². The number of aromatic carboxylic acids is 1. The number of H-pyrrole nitrogens is 1. The van der Waals surface area contributed by atoms with Crippen LogP contribution in [0, 0.1) is 0 Å². The number of unbranched alkanes of at least 4 members (excludes halogenated alkanes) is 4. The van der Waals surface area contributed by atoms with Crippen molar-refractivity contribution in [3.8, 4) is 0 Å². The summed E-state index contributed by atoms with van der Waals surface area (Å²) in [5.74, 6) is -1.07. The molecule has 0 spiro atoms. The quantitative estimate of drug-likeness (QED) is 0.435. The largest absolute Gasteiger partial charge is 0.476 e. The Balaban J connectivity index is 0.000000593. The second kappa shape index (κ2) is 15.3. The Kier molecular flexibility index (Phi) is 14.7. The maximum Gasteiger partial charge on any atom is 0.358 e. The topological polar surface area (TPSA) is 78.9 Å². The zero-order chi connectivity index (χ0) is 19.0. The molecule has 0 amide bonds. The number of rotatable bonds is 13. The lowest BCUT2D eigenvalue weighted by Crippen LogP contribution is -2.12. The lowest BCUT2D eigenvalue weighted by atomic mass is 10.4. The molecule has 0 aliphatic heterocycles. The molecule has 1 aromatic heterocycles. The standard InChI is InChI=1S/C16H36P.C3H3N3O2/c1-5-9-13-17(14-10-6-2,15-11-7-3)16-12-8-4;7-3(8)2-1-4-6-5-2/h5-16H2,1-4H3;1H,(H,7,8)(H,4,5,6)/q+1;. The first-order chi connectivity index (χ1) is 12.0. The molecule has 2 N–H and O–H groups in total. The SMILES string of the molecule is CCCC[P+](CCCC)(CCCC)CCCC.O=C(O)c1cn[nH]n1. The first-order valence-corrected chi connectivity index (χ1v) is 12.5. The van der Waals surface area contributed by atoms with Gasteiger partial charge in [-0.05, 0) is 25.7 Å². The van der Waals surface area contributed by atoms with Crippen molar-refractivity contribution in [3.63, 3.8) is 0 Å². The lowest BCUT2D eigenvalue weighted by Gasteiger charge is -2.28. The fourth-order valence-electron chi connectivity index (χ4n) is 2.95. The van der Waals surface area contributed by atoms with E-state index in [-0.39, 0.29) is 5.69 Å². The second-order valence-corrected chi connectivity index (χ2v) is 11.3. The molecule has 0 fully saturated rings. The Hall–Kier alpha value is -0.960. The van der Waals surface area contributed by atoms with Crippen molar-refractivity contribution in [1.82, 2.24) is 15.4 Å². The predicted octanol–water partition coefficient (Wildman–Crippen LogP) is 5.71. The van der Waals surface area contributed by atoms with Gasteiger partial charge in [0.05, 0.1) is 30.8 Å². The maximum atomic E-state index is 9.94. The first-order valence-electron chi connectivity index (χ1n) is 9.99. The predicted molar refractivity (Wildman–Crippen MR) is 109 cm³/mol. The zero-order valence-electron chi connectivity index (χ0n) is 16.8. The van der Waals surface area contributed by atoms with E-state index in [4.69, 9.17) is 5.11 Å². The summed E-state index contributed by atoms with van der Waals surface area (Å²) >= 11 is 0. The number of carbonyl (C=O) groups is 1. The third-order valence-electron chi connectivity index (χ3n) is 4.58. The summed E-state index contributed by atoms with van der Waals surface area (Å²) in [6.07, 6.45) is 19.1. The van der Waals surface area contributed by atoms with Crippen molar-refractivity contribution in [2.45, 2.75) is 79.1 Å². The fraction of sp³-hybridized carbons (Fsp3) is 0.842. The Bertz CT molecular complexity index is 387. The first kappa shape index (κ1) is 24.0. The molecule has 0 atom stereocenters. The number of aromatic nitrogens is 3. The molecule has 1 aromatic rings. The lowest BCUT2D eigenvalue weighted by molar-refractivity contribution is 0.0690. The summed E-state index contributed by atoms with van der Waals surface area (Å²) in [6, 6.07) is 0. The van der Waals surface area contributed by atoms with Crippen LogP contribution >= 0.6 is 7.26 Å². The summed E-state index contributed by atoms with van der Waals surface area (Å²) in [4.78, 5) is 9.94. The number of carboxylic acids is 1. The molecule has 0 radical (unpaired) electrons. The smallest absolute Gasteiger partial charge is 0.358 e. The van der Waals surface area contributed by atoms with E-state index in [0.717, 1.165) is 6.20 Å². The highest BCUT2D eigenvalue weighted by atomic mass is 31.2. The van der Waals surface area contributed by atoms with Gasteiger partial charge in [-0.1, -0.05) is 53.4 Å². The number of hydrogen-bond acceptors (Lipinski definition) is 3. The van der Waals surface area contributed by atoms with Crippen LogP contribution in [0.3, 0.4) is 0 Å². The highest BCUT2D eigenvalue weighted by Crippen LogP contribution is 2.61. The van der Waals surface area contributed by atoms with E-state index in [1.807, 2.05) is 0 Å². The van der Waals surface area contributed by atoms with Gasteiger partial charge in [0.1, 0.15) is 0 Å². The van der Waals surface area contributed by atoms with Crippen LogP contribution in [0.4, 0.5) is 0 Å². The molecule has 1 heterocycles. The molecular weight excluding hydrogens is 333 g/mol. The van der Waals surface area contributed by atoms with Crippen LogP contribution < -0.4 is 0 Å². The van der Waals surface area contributed by atoms with Gasteiger partial charge in [-0.25, -0.2) is 4.79 Å². The van der Waals surface area contributed by atoms with Crippen LogP contribution in [0.15, 0.2) is 6.20 Å². The fourth-order valence-corrected chi connectivity index (χ4v) is 8.24.